The number of allylic oxidation sites excluding steroid dienone is 6. The summed E-state index contributed by atoms with van der Waals surface area (Å²) < 4.78 is 24.3. The van der Waals surface area contributed by atoms with Crippen molar-refractivity contribution in [2.45, 2.75) is 123 Å². The number of nitrogens with zero attached hydrogens (tertiary/aromatic N) is 3. The summed E-state index contributed by atoms with van der Waals surface area (Å²) in [6.07, 6.45) is 17.8. The molecular weight excluding hydrogens is 637 g/mol. The summed E-state index contributed by atoms with van der Waals surface area (Å²) in [5, 5.41) is 4.54. The standard InChI is InChI=1S/C43H63N3O3P/c1-10-44-32-49-50(46(33(2)3)34(4)5)48-31-21-23-36-35-22-15-16-25-38(35)42(6,7)37(36)24-13-11-14-28-41-43(8,9)39-26-17-18-27-40(39)45(41)29-19-12-20-30-47/h11,13-18,22,24-28,32-34,36,47H,10,12,19-21,23,29-31H2,1-9H3/q+1/b13-11+,28-14+,37-24-,44-32?/i47T. The lowest BCUT2D eigenvalue weighted by Gasteiger charge is -2.34. The van der Waals surface area contributed by atoms with E-state index in [9.17, 15) is 0 Å². The summed E-state index contributed by atoms with van der Waals surface area (Å²) in [5.74, 6) is 0.335. The van der Waals surface area contributed by atoms with Gasteiger partial charge in [-0.15, -0.1) is 0 Å². The molecule has 2 aromatic rings. The lowest BCUT2D eigenvalue weighted by atomic mass is 9.80. The van der Waals surface area contributed by atoms with Gasteiger partial charge >= 0.3 is 8.53 Å². The third-order valence-corrected chi connectivity index (χ3v) is 12.1. The van der Waals surface area contributed by atoms with Gasteiger partial charge in [0.25, 0.3) is 0 Å². The molecule has 0 bridgehead atoms. The van der Waals surface area contributed by atoms with E-state index >= 15 is 0 Å². The van der Waals surface area contributed by atoms with E-state index in [1.807, 2.05) is 6.92 Å². The van der Waals surface area contributed by atoms with Crippen molar-refractivity contribution < 1.29 is 18.7 Å². The summed E-state index contributed by atoms with van der Waals surface area (Å²) in [5.41, 5.74) is 8.16. The molecule has 0 saturated carbocycles. The van der Waals surface area contributed by atoms with Crippen molar-refractivity contribution in [2.24, 2.45) is 4.99 Å². The second kappa shape index (κ2) is 18.6. The lowest BCUT2D eigenvalue weighted by molar-refractivity contribution is -0.438. The van der Waals surface area contributed by atoms with Gasteiger partial charge in [0.1, 0.15) is 6.54 Å². The highest BCUT2D eigenvalue weighted by atomic mass is 31.2. The Labute approximate surface area is 306 Å². The maximum Gasteiger partial charge on any atom is 0.322 e. The van der Waals surface area contributed by atoms with Crippen LogP contribution in [-0.4, -0.2) is 66.3 Å². The van der Waals surface area contributed by atoms with Crippen LogP contribution in [0.2, 0.25) is 0 Å². The van der Waals surface area contributed by atoms with Crippen LogP contribution in [0.25, 0.3) is 0 Å². The fourth-order valence-corrected chi connectivity index (χ4v) is 9.26. The molecular formula is C43H63N3O3P+. The molecule has 50 heavy (non-hydrogen) atoms. The Bertz CT molecular complexity index is 1570. The number of aliphatic hydroxyl groups is 1. The molecule has 4 rings (SSSR count). The molecule has 0 aromatic heterocycles. The van der Waals surface area contributed by atoms with Gasteiger partial charge in [-0.3, -0.25) is 4.99 Å². The minimum absolute atomic E-state index is 0.0553. The van der Waals surface area contributed by atoms with E-state index in [1.54, 1.807) is 6.40 Å². The molecule has 1 heterocycles. The highest BCUT2D eigenvalue weighted by Crippen LogP contribution is 2.52. The Kier molecular flexibility index (Phi) is 14.2. The van der Waals surface area contributed by atoms with E-state index in [1.165, 1.54) is 33.7 Å². The van der Waals surface area contributed by atoms with Gasteiger partial charge in [0.2, 0.25) is 7.12 Å². The Morgan fingerprint density at radius 3 is 2.36 bits per heavy atom. The predicted octanol–water partition coefficient (Wildman–Crippen LogP) is 10.5. The fraction of sp³-hybridized carbons (Fsp3) is 0.535. The second-order valence-electron chi connectivity index (χ2n) is 15.1. The third kappa shape index (κ3) is 9.31. The minimum atomic E-state index is -1.24. The largest absolute Gasteiger partial charge is 0.425 e. The van der Waals surface area contributed by atoms with Crippen LogP contribution in [0.15, 0.2) is 89.5 Å². The first kappa shape index (κ1) is 38.3. The number of aliphatic imine (C=N–C) groups is 1. The molecule has 7 heteroatoms. The molecule has 2 unspecified atom stereocenters. The van der Waals surface area contributed by atoms with E-state index < -0.39 is 8.53 Å². The van der Waals surface area contributed by atoms with Gasteiger partial charge in [-0.1, -0.05) is 86.2 Å². The van der Waals surface area contributed by atoms with Crippen LogP contribution < -0.4 is 0 Å². The van der Waals surface area contributed by atoms with E-state index in [2.05, 4.69) is 154 Å². The highest BCUT2D eigenvalue weighted by molar-refractivity contribution is 7.45. The molecule has 0 fully saturated rings. The maximum absolute atomic E-state index is 6.98. The molecule has 0 saturated heterocycles. The number of benzene rings is 2. The molecule has 6 nitrogen and oxygen atoms in total. The van der Waals surface area contributed by atoms with Crippen LogP contribution in [0, 0.1) is 0 Å². The molecule has 0 radical (unpaired) electrons. The number of hydrogen-bond acceptors (Lipinski definition) is 5. The monoisotopic (exact) mass is 702 g/mol. The van der Waals surface area contributed by atoms with Crippen LogP contribution in [0.3, 0.4) is 0 Å². The van der Waals surface area contributed by atoms with Crippen molar-refractivity contribution in [1.82, 2.24) is 4.67 Å². The summed E-state index contributed by atoms with van der Waals surface area (Å²) in [6.45, 7) is 22.9. The van der Waals surface area contributed by atoms with Crippen molar-refractivity contribution >= 4 is 26.3 Å². The summed E-state index contributed by atoms with van der Waals surface area (Å²) in [4.78, 5) is 4.29. The van der Waals surface area contributed by atoms with Gasteiger partial charge in [-0.05, 0) is 85.3 Å². The molecule has 272 valence electrons. The van der Waals surface area contributed by atoms with E-state index in [0.717, 1.165) is 38.6 Å². The minimum Gasteiger partial charge on any atom is -0.425 e. The number of aliphatic hydroxyl groups excluding tert-OH is 1. The molecule has 2 aliphatic rings. The number of rotatable bonds is 20. The number of hydrogen-bond donors (Lipinski definition) is 1. The van der Waals surface area contributed by atoms with Gasteiger partial charge in [-0.2, -0.15) is 4.58 Å². The normalized spacial score (nSPS) is 20.0. The highest BCUT2D eigenvalue weighted by Gasteiger charge is 2.44. The fourth-order valence-electron chi connectivity index (χ4n) is 7.77. The molecule has 1 N–H and O–H groups in total. The number of unbranched alkanes of at least 4 members (excludes halogenated alkanes) is 2. The van der Waals surface area contributed by atoms with Crippen molar-refractivity contribution in [3.05, 3.63) is 101 Å². The number of para-hydroxylation sites is 1. The summed E-state index contributed by atoms with van der Waals surface area (Å²) in [6, 6.07) is 18.4. The zero-order valence-corrected chi connectivity index (χ0v) is 33.1. The molecule has 0 spiro atoms. The quantitative estimate of drug-likeness (QED) is 0.0373. The van der Waals surface area contributed by atoms with Crippen molar-refractivity contribution in [1.29, 1.82) is 1.43 Å². The van der Waals surface area contributed by atoms with Gasteiger partial charge < -0.3 is 14.2 Å². The predicted molar refractivity (Wildman–Crippen MR) is 213 cm³/mol. The average Bonchev–Trinajstić information content (AvgIpc) is 3.44. The first-order chi connectivity index (χ1) is 24.5. The zero-order chi connectivity index (χ0) is 37.0. The van der Waals surface area contributed by atoms with E-state index in [-0.39, 0.29) is 10.8 Å². The van der Waals surface area contributed by atoms with Crippen molar-refractivity contribution in [2.75, 3.05) is 26.3 Å². The van der Waals surface area contributed by atoms with Gasteiger partial charge in [0.05, 0.1) is 12.0 Å². The first-order valence-corrected chi connectivity index (χ1v) is 19.9. The molecule has 1 aliphatic carbocycles. The smallest absolute Gasteiger partial charge is 0.322 e. The maximum atomic E-state index is 6.98. The molecule has 1 aliphatic heterocycles. The van der Waals surface area contributed by atoms with Crippen molar-refractivity contribution in [3.63, 3.8) is 0 Å². The molecule has 2 atom stereocenters. The Morgan fingerprint density at radius 1 is 0.920 bits per heavy atom. The van der Waals surface area contributed by atoms with Gasteiger partial charge in [0, 0.05) is 60.7 Å². The van der Waals surface area contributed by atoms with Crippen LogP contribution in [-0.2, 0) is 19.9 Å². The Balaban J connectivity index is 1.51. The molecule has 2 aromatic carbocycles. The van der Waals surface area contributed by atoms with Crippen LogP contribution in [0.5, 0.6) is 0 Å². The topological polar surface area (TPSA) is 57.3 Å². The van der Waals surface area contributed by atoms with Crippen LogP contribution in [0.4, 0.5) is 5.69 Å². The van der Waals surface area contributed by atoms with E-state index in [0.29, 0.717) is 37.8 Å². The van der Waals surface area contributed by atoms with Gasteiger partial charge in [-0.25, -0.2) is 4.67 Å². The average molecular weight is 703 g/mol. The van der Waals surface area contributed by atoms with E-state index in [4.69, 9.17) is 10.5 Å². The Morgan fingerprint density at radius 2 is 1.64 bits per heavy atom. The lowest BCUT2D eigenvalue weighted by Crippen LogP contribution is -2.33. The van der Waals surface area contributed by atoms with Crippen LogP contribution >= 0.6 is 8.53 Å². The van der Waals surface area contributed by atoms with Crippen molar-refractivity contribution in [3.8, 4) is 0 Å². The number of fused-ring (bicyclic) bond motifs is 2. The molecule has 0 amide bonds. The Hall–Kier alpha value is -2.89. The van der Waals surface area contributed by atoms with Gasteiger partial charge in [0.15, 0.2) is 12.1 Å². The van der Waals surface area contributed by atoms with Crippen LogP contribution in [0.1, 0.15) is 117 Å². The first-order valence-electron chi connectivity index (χ1n) is 19.2. The summed E-state index contributed by atoms with van der Waals surface area (Å²) >= 11 is 0. The zero-order valence-electron chi connectivity index (χ0n) is 33.2. The summed E-state index contributed by atoms with van der Waals surface area (Å²) in [7, 11) is -1.24. The third-order valence-electron chi connectivity index (χ3n) is 10.2. The second-order valence-corrected chi connectivity index (χ2v) is 16.5. The SMILES string of the molecule is [3H]OCCCCC[N+]1=C(/C=C/C=C/C=C2/C(CCCOP(OC=NCC)N(C(C)C)C(C)C)c3ccccc3C2(C)C)C(C)(C)c2ccccc21.